The Morgan fingerprint density at radius 2 is 2.53 bits per heavy atom. The summed E-state index contributed by atoms with van der Waals surface area (Å²) in [7, 11) is 1.83. The Bertz CT molecular complexity index is 364. The van der Waals surface area contributed by atoms with Gasteiger partial charge in [0.15, 0.2) is 5.78 Å². The van der Waals surface area contributed by atoms with Gasteiger partial charge < -0.3 is 5.32 Å². The highest BCUT2D eigenvalue weighted by molar-refractivity contribution is 5.92. The molecule has 15 heavy (non-hydrogen) atoms. The molecule has 1 aliphatic heterocycles. The van der Waals surface area contributed by atoms with Crippen LogP contribution in [0.25, 0.3) is 0 Å². The molecule has 0 bridgehead atoms. The average Bonchev–Trinajstić information content (AvgIpc) is 2.75. The van der Waals surface area contributed by atoms with E-state index < -0.39 is 0 Å². The highest BCUT2D eigenvalue weighted by atomic mass is 16.1. The summed E-state index contributed by atoms with van der Waals surface area (Å²) in [6.07, 6.45) is 2.19. The van der Waals surface area contributed by atoms with Crippen molar-refractivity contribution in [3.8, 4) is 0 Å². The van der Waals surface area contributed by atoms with Crippen LogP contribution < -0.4 is 5.32 Å². The number of aromatic nitrogens is 2. The number of carbonyl (C=O) groups excluding carboxylic acids is 1. The third-order valence-corrected chi connectivity index (χ3v) is 2.95. The molecule has 1 atom stereocenters. The first-order valence-electron chi connectivity index (χ1n) is 5.41. The zero-order chi connectivity index (χ0) is 10.8. The summed E-state index contributed by atoms with van der Waals surface area (Å²) < 4.78 is 1.68. The highest BCUT2D eigenvalue weighted by Crippen LogP contribution is 2.15. The van der Waals surface area contributed by atoms with Crippen LogP contribution in [-0.2, 0) is 13.5 Å². The smallest absolute Gasteiger partial charge is 0.177 e. The molecule has 82 valence electrons. The Labute approximate surface area is 89.7 Å². The fraction of sp³-hybridized carbons (Fsp3) is 0.636. The Morgan fingerprint density at radius 3 is 3.07 bits per heavy atom. The Morgan fingerprint density at radius 1 is 1.73 bits per heavy atom. The number of aryl methyl sites for hydroxylation is 1. The van der Waals surface area contributed by atoms with E-state index in [1.807, 2.05) is 13.1 Å². The summed E-state index contributed by atoms with van der Waals surface area (Å²) in [5.41, 5.74) is 1.74. The van der Waals surface area contributed by atoms with Crippen LogP contribution in [0.15, 0.2) is 6.07 Å². The quantitative estimate of drug-likeness (QED) is 0.745. The molecule has 1 aromatic rings. The van der Waals surface area contributed by atoms with E-state index in [-0.39, 0.29) is 5.78 Å². The SMILES string of the molecule is CC(=O)c1cc(CC2CCNC2)nn1C. The summed E-state index contributed by atoms with van der Waals surface area (Å²) >= 11 is 0. The Kier molecular flexibility index (Phi) is 2.86. The van der Waals surface area contributed by atoms with Gasteiger partial charge in [0.05, 0.1) is 5.69 Å². The highest BCUT2D eigenvalue weighted by Gasteiger charge is 2.17. The molecule has 1 saturated heterocycles. The van der Waals surface area contributed by atoms with E-state index in [4.69, 9.17) is 0 Å². The minimum absolute atomic E-state index is 0.0841. The van der Waals surface area contributed by atoms with Crippen LogP contribution in [0, 0.1) is 5.92 Å². The summed E-state index contributed by atoms with van der Waals surface area (Å²) in [5.74, 6) is 0.764. The van der Waals surface area contributed by atoms with Crippen LogP contribution in [0.5, 0.6) is 0 Å². The molecule has 2 heterocycles. The minimum atomic E-state index is 0.0841. The second-order valence-corrected chi connectivity index (χ2v) is 4.26. The van der Waals surface area contributed by atoms with Gasteiger partial charge in [0.1, 0.15) is 5.69 Å². The van der Waals surface area contributed by atoms with Gasteiger partial charge >= 0.3 is 0 Å². The monoisotopic (exact) mass is 207 g/mol. The first-order valence-corrected chi connectivity index (χ1v) is 5.41. The number of hydrogen-bond donors (Lipinski definition) is 1. The van der Waals surface area contributed by atoms with E-state index in [9.17, 15) is 4.79 Å². The summed E-state index contributed by atoms with van der Waals surface area (Å²) in [6.45, 7) is 3.76. The normalized spacial score (nSPS) is 20.8. The topological polar surface area (TPSA) is 46.9 Å². The molecule has 0 aliphatic carbocycles. The number of hydrogen-bond acceptors (Lipinski definition) is 3. The van der Waals surface area contributed by atoms with Gasteiger partial charge in [0.25, 0.3) is 0 Å². The number of nitrogens with zero attached hydrogens (tertiary/aromatic N) is 2. The lowest BCUT2D eigenvalue weighted by Gasteiger charge is -2.03. The number of rotatable bonds is 3. The lowest BCUT2D eigenvalue weighted by atomic mass is 10.0. The third kappa shape index (κ3) is 2.26. The fourth-order valence-corrected chi connectivity index (χ4v) is 2.14. The van der Waals surface area contributed by atoms with Crippen LogP contribution in [0.4, 0.5) is 0 Å². The third-order valence-electron chi connectivity index (χ3n) is 2.95. The van der Waals surface area contributed by atoms with Gasteiger partial charge in [0.2, 0.25) is 0 Å². The molecule has 0 spiro atoms. The molecular weight excluding hydrogens is 190 g/mol. The van der Waals surface area contributed by atoms with Crippen molar-refractivity contribution in [2.24, 2.45) is 13.0 Å². The van der Waals surface area contributed by atoms with Crippen LogP contribution in [0.2, 0.25) is 0 Å². The molecule has 1 fully saturated rings. The van der Waals surface area contributed by atoms with Crippen LogP contribution in [0.1, 0.15) is 29.5 Å². The number of nitrogens with one attached hydrogen (secondary N) is 1. The van der Waals surface area contributed by atoms with Gasteiger partial charge in [-0.25, -0.2) is 0 Å². The van der Waals surface area contributed by atoms with E-state index in [0.29, 0.717) is 11.6 Å². The Balaban J connectivity index is 2.08. The van der Waals surface area contributed by atoms with Crippen LogP contribution in [-0.4, -0.2) is 28.7 Å². The van der Waals surface area contributed by atoms with Crippen molar-refractivity contribution in [1.82, 2.24) is 15.1 Å². The number of ketones is 1. The maximum absolute atomic E-state index is 11.2. The maximum Gasteiger partial charge on any atom is 0.177 e. The standard InChI is InChI=1S/C11H17N3O/c1-8(15)11-6-10(13-14(11)2)5-9-3-4-12-7-9/h6,9,12H,3-5,7H2,1-2H3. The molecule has 0 aromatic carbocycles. The lowest BCUT2D eigenvalue weighted by molar-refractivity contribution is 0.100. The van der Waals surface area contributed by atoms with Crippen molar-refractivity contribution in [3.63, 3.8) is 0 Å². The second-order valence-electron chi connectivity index (χ2n) is 4.26. The van der Waals surface area contributed by atoms with E-state index in [0.717, 1.165) is 25.2 Å². The van der Waals surface area contributed by atoms with E-state index in [2.05, 4.69) is 10.4 Å². The molecule has 1 unspecified atom stereocenters. The molecule has 0 radical (unpaired) electrons. The maximum atomic E-state index is 11.2. The predicted octanol–water partition coefficient (Wildman–Crippen LogP) is 0.775. The molecular formula is C11H17N3O. The largest absolute Gasteiger partial charge is 0.316 e. The molecule has 1 aliphatic rings. The molecule has 1 aromatic heterocycles. The molecule has 4 heteroatoms. The van der Waals surface area contributed by atoms with Gasteiger partial charge in [-0.05, 0) is 37.9 Å². The van der Waals surface area contributed by atoms with Crippen molar-refractivity contribution in [3.05, 3.63) is 17.5 Å². The van der Waals surface area contributed by atoms with Crippen molar-refractivity contribution < 1.29 is 4.79 Å². The van der Waals surface area contributed by atoms with E-state index in [1.54, 1.807) is 11.6 Å². The van der Waals surface area contributed by atoms with Crippen molar-refractivity contribution >= 4 is 5.78 Å². The molecule has 1 N–H and O–H groups in total. The van der Waals surface area contributed by atoms with Gasteiger partial charge in [-0.15, -0.1) is 0 Å². The number of carbonyl (C=O) groups is 1. The van der Waals surface area contributed by atoms with Gasteiger partial charge in [-0.3, -0.25) is 9.48 Å². The fourth-order valence-electron chi connectivity index (χ4n) is 2.14. The first-order chi connectivity index (χ1) is 7.16. The van der Waals surface area contributed by atoms with Crippen molar-refractivity contribution in [2.45, 2.75) is 19.8 Å². The van der Waals surface area contributed by atoms with Gasteiger partial charge in [0, 0.05) is 14.0 Å². The molecule has 2 rings (SSSR count). The zero-order valence-corrected chi connectivity index (χ0v) is 9.29. The first kappa shape index (κ1) is 10.4. The molecule has 0 saturated carbocycles. The van der Waals surface area contributed by atoms with Gasteiger partial charge in [-0.2, -0.15) is 5.10 Å². The predicted molar refractivity (Wildman–Crippen MR) is 57.9 cm³/mol. The van der Waals surface area contributed by atoms with E-state index in [1.165, 1.54) is 6.42 Å². The summed E-state index contributed by atoms with van der Waals surface area (Å²) in [4.78, 5) is 11.2. The zero-order valence-electron chi connectivity index (χ0n) is 9.29. The lowest BCUT2D eigenvalue weighted by Crippen LogP contribution is -2.11. The summed E-state index contributed by atoms with van der Waals surface area (Å²) in [5, 5.41) is 7.70. The average molecular weight is 207 g/mol. The number of Topliss-reactive ketones (excluding diaryl/α,β-unsaturated/α-hetero) is 1. The van der Waals surface area contributed by atoms with E-state index >= 15 is 0 Å². The molecule has 4 nitrogen and oxygen atoms in total. The summed E-state index contributed by atoms with van der Waals surface area (Å²) in [6, 6.07) is 1.92. The second kappa shape index (κ2) is 4.14. The van der Waals surface area contributed by atoms with Crippen LogP contribution in [0.3, 0.4) is 0 Å². The molecule has 0 amide bonds. The van der Waals surface area contributed by atoms with Gasteiger partial charge in [-0.1, -0.05) is 0 Å². The Hall–Kier alpha value is -1.16. The minimum Gasteiger partial charge on any atom is -0.316 e. The van der Waals surface area contributed by atoms with Crippen molar-refractivity contribution in [2.75, 3.05) is 13.1 Å². The van der Waals surface area contributed by atoms with Crippen molar-refractivity contribution in [1.29, 1.82) is 0 Å². The van der Waals surface area contributed by atoms with Crippen LogP contribution >= 0.6 is 0 Å².